The van der Waals surface area contributed by atoms with Gasteiger partial charge in [0.25, 0.3) is 0 Å². The quantitative estimate of drug-likeness (QED) is 0.675. The lowest BCUT2D eigenvalue weighted by Gasteiger charge is -2.31. The Labute approximate surface area is 150 Å². The highest BCUT2D eigenvalue weighted by molar-refractivity contribution is 5.72. The van der Waals surface area contributed by atoms with Crippen LogP contribution in [-0.4, -0.2) is 50.8 Å². The minimum absolute atomic E-state index is 0.0108. The average molecular weight is 347 g/mol. The van der Waals surface area contributed by atoms with Gasteiger partial charge in [0.05, 0.1) is 19.6 Å². The van der Waals surface area contributed by atoms with Crippen LogP contribution in [0.2, 0.25) is 0 Å². The molecule has 1 aliphatic rings. The molecule has 25 heavy (non-hydrogen) atoms. The summed E-state index contributed by atoms with van der Waals surface area (Å²) in [5, 5.41) is 0. The molecule has 1 aromatic rings. The second-order valence-corrected chi connectivity index (χ2v) is 6.15. The number of carbonyl (C=O) groups is 1. The fraction of sp³-hybridized carbons (Fsp3) is 0.550. The molecular weight excluding hydrogens is 318 g/mol. The second-order valence-electron chi connectivity index (χ2n) is 6.15. The SMILES string of the molecule is C/C=C/c1ccc(OCCN2CCC[C@@H](C(=O)OCC)C2)c(OC)c1. The summed E-state index contributed by atoms with van der Waals surface area (Å²) < 4.78 is 16.5. The second kappa shape index (κ2) is 10.1. The number of benzene rings is 1. The summed E-state index contributed by atoms with van der Waals surface area (Å²) in [5.74, 6) is 1.39. The van der Waals surface area contributed by atoms with Crippen molar-refractivity contribution in [1.82, 2.24) is 4.90 Å². The summed E-state index contributed by atoms with van der Waals surface area (Å²) in [6, 6.07) is 5.91. The number of carbonyl (C=O) groups excluding carboxylic acids is 1. The number of methoxy groups -OCH3 is 1. The van der Waals surface area contributed by atoms with Gasteiger partial charge in [-0.3, -0.25) is 9.69 Å². The first-order valence-corrected chi connectivity index (χ1v) is 9.00. The number of nitrogens with zero attached hydrogens (tertiary/aromatic N) is 1. The van der Waals surface area contributed by atoms with Crippen molar-refractivity contribution in [3.63, 3.8) is 0 Å². The van der Waals surface area contributed by atoms with E-state index >= 15 is 0 Å². The molecule has 0 N–H and O–H groups in total. The van der Waals surface area contributed by atoms with Gasteiger partial charge in [-0.2, -0.15) is 0 Å². The topological polar surface area (TPSA) is 48.0 Å². The maximum Gasteiger partial charge on any atom is 0.310 e. The van der Waals surface area contributed by atoms with Crippen LogP contribution >= 0.6 is 0 Å². The standard InChI is InChI=1S/C20H29NO4/c1-4-7-16-9-10-18(19(14-16)23-3)25-13-12-21-11-6-8-17(15-21)20(22)24-5-2/h4,7,9-10,14,17H,5-6,8,11-13,15H2,1-3H3/b7-4+/t17-/m1/s1. The van der Waals surface area contributed by atoms with Crippen LogP contribution in [0.3, 0.4) is 0 Å². The van der Waals surface area contributed by atoms with Crippen molar-refractivity contribution in [1.29, 1.82) is 0 Å². The summed E-state index contributed by atoms with van der Waals surface area (Å²) in [5.41, 5.74) is 1.08. The third kappa shape index (κ3) is 5.78. The van der Waals surface area contributed by atoms with Crippen LogP contribution in [0.15, 0.2) is 24.3 Å². The Kier molecular flexibility index (Phi) is 7.79. The van der Waals surface area contributed by atoms with Gasteiger partial charge in [0.15, 0.2) is 11.5 Å². The largest absolute Gasteiger partial charge is 0.493 e. The van der Waals surface area contributed by atoms with E-state index in [4.69, 9.17) is 14.2 Å². The van der Waals surface area contributed by atoms with Crippen molar-refractivity contribution < 1.29 is 19.0 Å². The summed E-state index contributed by atoms with van der Waals surface area (Å²) in [7, 11) is 1.65. The minimum atomic E-state index is -0.0747. The molecule has 0 spiro atoms. The van der Waals surface area contributed by atoms with E-state index in [1.807, 2.05) is 44.2 Å². The number of piperidine rings is 1. The van der Waals surface area contributed by atoms with Crippen LogP contribution in [0.25, 0.3) is 6.08 Å². The van der Waals surface area contributed by atoms with E-state index in [1.54, 1.807) is 7.11 Å². The van der Waals surface area contributed by atoms with E-state index in [1.165, 1.54) is 0 Å². The molecule has 0 bridgehead atoms. The molecule has 1 saturated heterocycles. The molecule has 1 aromatic carbocycles. The maximum absolute atomic E-state index is 11.9. The van der Waals surface area contributed by atoms with Gasteiger partial charge >= 0.3 is 5.97 Å². The Hall–Kier alpha value is -2.01. The fourth-order valence-electron chi connectivity index (χ4n) is 3.10. The average Bonchev–Trinajstić information content (AvgIpc) is 2.63. The van der Waals surface area contributed by atoms with Gasteiger partial charge in [-0.05, 0) is 50.9 Å². The molecule has 2 rings (SSSR count). The maximum atomic E-state index is 11.9. The smallest absolute Gasteiger partial charge is 0.310 e. The first-order valence-electron chi connectivity index (χ1n) is 9.00. The molecule has 1 atom stereocenters. The monoisotopic (exact) mass is 347 g/mol. The van der Waals surface area contributed by atoms with Crippen molar-refractivity contribution in [3.05, 3.63) is 29.8 Å². The Morgan fingerprint density at radius 1 is 1.36 bits per heavy atom. The summed E-state index contributed by atoms with van der Waals surface area (Å²) in [4.78, 5) is 14.2. The molecule has 1 aliphatic heterocycles. The van der Waals surface area contributed by atoms with Gasteiger partial charge < -0.3 is 14.2 Å². The predicted octanol–water partition coefficient (Wildman–Crippen LogP) is 3.38. The minimum Gasteiger partial charge on any atom is -0.493 e. The van der Waals surface area contributed by atoms with Crippen molar-refractivity contribution in [2.24, 2.45) is 5.92 Å². The molecule has 1 heterocycles. The molecule has 1 fully saturated rings. The molecule has 5 nitrogen and oxygen atoms in total. The van der Waals surface area contributed by atoms with E-state index in [-0.39, 0.29) is 11.9 Å². The molecule has 0 unspecified atom stereocenters. The van der Waals surface area contributed by atoms with E-state index in [0.29, 0.717) is 13.2 Å². The fourth-order valence-corrected chi connectivity index (χ4v) is 3.10. The van der Waals surface area contributed by atoms with Crippen LogP contribution in [-0.2, 0) is 9.53 Å². The molecule has 0 radical (unpaired) electrons. The number of hydrogen-bond acceptors (Lipinski definition) is 5. The van der Waals surface area contributed by atoms with E-state index in [2.05, 4.69) is 4.90 Å². The Bertz CT molecular complexity index is 585. The molecule has 0 amide bonds. The van der Waals surface area contributed by atoms with Crippen molar-refractivity contribution >= 4 is 12.0 Å². The lowest BCUT2D eigenvalue weighted by atomic mass is 9.98. The molecular formula is C20H29NO4. The zero-order valence-corrected chi connectivity index (χ0v) is 15.5. The van der Waals surface area contributed by atoms with Crippen LogP contribution in [0, 0.1) is 5.92 Å². The van der Waals surface area contributed by atoms with Crippen LogP contribution in [0.1, 0.15) is 32.3 Å². The van der Waals surface area contributed by atoms with Gasteiger partial charge in [0, 0.05) is 13.1 Å². The number of allylic oxidation sites excluding steroid dienone is 1. The highest BCUT2D eigenvalue weighted by Crippen LogP contribution is 2.28. The van der Waals surface area contributed by atoms with Crippen LogP contribution in [0.5, 0.6) is 11.5 Å². The summed E-state index contributed by atoms with van der Waals surface area (Å²) >= 11 is 0. The third-order valence-corrected chi connectivity index (χ3v) is 4.34. The number of hydrogen-bond donors (Lipinski definition) is 0. The number of esters is 1. The first kappa shape index (κ1) is 19.3. The lowest BCUT2D eigenvalue weighted by molar-refractivity contribution is -0.150. The van der Waals surface area contributed by atoms with Crippen LogP contribution < -0.4 is 9.47 Å². The number of ether oxygens (including phenoxy) is 3. The molecule has 138 valence electrons. The van der Waals surface area contributed by atoms with Gasteiger partial charge in [0.2, 0.25) is 0 Å². The zero-order valence-electron chi connectivity index (χ0n) is 15.5. The van der Waals surface area contributed by atoms with Gasteiger partial charge in [-0.1, -0.05) is 18.2 Å². The Morgan fingerprint density at radius 2 is 2.20 bits per heavy atom. The van der Waals surface area contributed by atoms with E-state index in [0.717, 1.165) is 49.5 Å². The molecule has 0 aliphatic carbocycles. The number of rotatable bonds is 8. The molecule has 0 aromatic heterocycles. The van der Waals surface area contributed by atoms with E-state index < -0.39 is 0 Å². The van der Waals surface area contributed by atoms with Gasteiger partial charge in [-0.15, -0.1) is 0 Å². The first-order chi connectivity index (χ1) is 12.2. The van der Waals surface area contributed by atoms with Crippen LogP contribution in [0.4, 0.5) is 0 Å². The van der Waals surface area contributed by atoms with Crippen molar-refractivity contribution in [2.75, 3.05) is 40.0 Å². The predicted molar refractivity (Wildman–Crippen MR) is 99.0 cm³/mol. The summed E-state index contributed by atoms with van der Waals surface area (Å²) in [6.07, 6.45) is 5.95. The molecule has 0 saturated carbocycles. The normalized spacial score (nSPS) is 18.3. The number of likely N-dealkylation sites (tertiary alicyclic amines) is 1. The van der Waals surface area contributed by atoms with Crippen molar-refractivity contribution in [2.45, 2.75) is 26.7 Å². The Morgan fingerprint density at radius 3 is 2.92 bits per heavy atom. The van der Waals surface area contributed by atoms with Crippen molar-refractivity contribution in [3.8, 4) is 11.5 Å². The zero-order chi connectivity index (χ0) is 18.1. The summed E-state index contributed by atoms with van der Waals surface area (Å²) in [6.45, 7) is 7.38. The third-order valence-electron chi connectivity index (χ3n) is 4.34. The highest BCUT2D eigenvalue weighted by atomic mass is 16.5. The lowest BCUT2D eigenvalue weighted by Crippen LogP contribution is -2.41. The molecule has 5 heteroatoms. The van der Waals surface area contributed by atoms with Gasteiger partial charge in [-0.25, -0.2) is 0 Å². The highest BCUT2D eigenvalue weighted by Gasteiger charge is 2.26. The van der Waals surface area contributed by atoms with Gasteiger partial charge in [0.1, 0.15) is 6.61 Å². The Balaban J connectivity index is 1.84. The van der Waals surface area contributed by atoms with E-state index in [9.17, 15) is 4.79 Å².